The number of methoxy groups -OCH3 is 1. The van der Waals surface area contributed by atoms with Gasteiger partial charge in [0.1, 0.15) is 29.7 Å². The third kappa shape index (κ3) is 5.58. The van der Waals surface area contributed by atoms with Crippen molar-refractivity contribution in [3.05, 3.63) is 101 Å². The van der Waals surface area contributed by atoms with Gasteiger partial charge >= 0.3 is 5.97 Å². The Hall–Kier alpha value is -5.25. The van der Waals surface area contributed by atoms with Crippen molar-refractivity contribution in [3.8, 4) is 34.8 Å². The largest absolute Gasteiger partial charge is 0.493 e. The van der Waals surface area contributed by atoms with E-state index >= 15 is 0 Å². The van der Waals surface area contributed by atoms with Crippen LogP contribution in [0.25, 0.3) is 0 Å². The Morgan fingerprint density at radius 1 is 1.02 bits per heavy atom. The minimum Gasteiger partial charge on any atom is -0.493 e. The lowest BCUT2D eigenvalue weighted by Gasteiger charge is -2.27. The van der Waals surface area contributed by atoms with Crippen molar-refractivity contribution in [2.75, 3.05) is 20.3 Å². The summed E-state index contributed by atoms with van der Waals surface area (Å²) >= 11 is 0. The number of carbonyl (C=O) groups is 1. The van der Waals surface area contributed by atoms with Crippen molar-refractivity contribution in [1.29, 1.82) is 5.26 Å². The lowest BCUT2D eigenvalue weighted by atomic mass is 9.83. The summed E-state index contributed by atoms with van der Waals surface area (Å²) in [5.74, 6) is -14.3. The van der Waals surface area contributed by atoms with E-state index in [1.165, 1.54) is 25.3 Å². The molecule has 0 bridgehead atoms. The van der Waals surface area contributed by atoms with Crippen LogP contribution in [-0.2, 0) is 4.79 Å². The minimum absolute atomic E-state index is 0.0975. The molecule has 41 heavy (non-hydrogen) atoms. The van der Waals surface area contributed by atoms with E-state index in [2.05, 4.69) is 11.3 Å². The number of benzene rings is 3. The van der Waals surface area contributed by atoms with Gasteiger partial charge in [-0.2, -0.15) is 14.0 Å². The maximum absolute atomic E-state index is 13.8. The monoisotopic (exact) mass is 574 g/mol. The first-order chi connectivity index (χ1) is 19.6. The molecule has 212 valence electrons. The number of esters is 1. The molecule has 0 radical (unpaired) electrons. The van der Waals surface area contributed by atoms with Gasteiger partial charge in [0.05, 0.1) is 13.0 Å². The van der Waals surface area contributed by atoms with E-state index in [0.717, 1.165) is 0 Å². The molecular formula is C28H19F5N2O6. The fraction of sp³-hybridized carbons (Fsp3) is 0.143. The molecule has 1 aliphatic rings. The molecule has 1 aliphatic heterocycles. The number of fused-ring (bicyclic) bond motifs is 1. The van der Waals surface area contributed by atoms with Crippen molar-refractivity contribution in [2.45, 2.75) is 5.92 Å². The molecule has 0 amide bonds. The van der Waals surface area contributed by atoms with Crippen LogP contribution in [0, 0.1) is 40.4 Å². The van der Waals surface area contributed by atoms with E-state index in [1.807, 2.05) is 6.07 Å². The van der Waals surface area contributed by atoms with Gasteiger partial charge in [0.2, 0.25) is 35.0 Å². The SMILES string of the molecule is C=CCOc1ccc(C2C(C#N)=C(N)Oc3cc(OC(=O)COc4c(F)c(F)c(F)c(F)c4F)ccc32)cc1OC. The van der Waals surface area contributed by atoms with Gasteiger partial charge in [-0.25, -0.2) is 18.0 Å². The third-order valence-electron chi connectivity index (χ3n) is 5.80. The molecule has 0 saturated heterocycles. The summed E-state index contributed by atoms with van der Waals surface area (Å²) in [4.78, 5) is 12.2. The van der Waals surface area contributed by atoms with Crippen molar-refractivity contribution in [1.82, 2.24) is 0 Å². The number of hydrogen-bond donors (Lipinski definition) is 1. The van der Waals surface area contributed by atoms with E-state index in [1.54, 1.807) is 24.3 Å². The second-order valence-corrected chi connectivity index (χ2v) is 8.30. The van der Waals surface area contributed by atoms with Crippen LogP contribution in [0.1, 0.15) is 17.0 Å². The summed E-state index contributed by atoms with van der Waals surface area (Å²) in [5.41, 5.74) is 7.17. The number of carbonyl (C=O) groups excluding carboxylic acids is 1. The Labute approximate surface area is 229 Å². The number of halogens is 5. The normalized spacial score (nSPS) is 13.9. The summed E-state index contributed by atoms with van der Waals surface area (Å²) in [6.45, 7) is 2.64. The Bertz CT molecular complexity index is 1590. The predicted molar refractivity (Wildman–Crippen MR) is 132 cm³/mol. The summed E-state index contributed by atoms with van der Waals surface area (Å²) < 4.78 is 93.6. The quantitative estimate of drug-likeness (QED) is 0.0932. The molecule has 1 heterocycles. The molecule has 0 spiro atoms. The van der Waals surface area contributed by atoms with E-state index in [0.29, 0.717) is 22.6 Å². The summed E-state index contributed by atoms with van der Waals surface area (Å²) in [5, 5.41) is 9.79. The average molecular weight is 574 g/mol. The summed E-state index contributed by atoms with van der Waals surface area (Å²) in [6.07, 6.45) is 1.56. The molecule has 0 fully saturated rings. The second kappa shape index (κ2) is 11.9. The number of nitriles is 1. The Morgan fingerprint density at radius 2 is 1.71 bits per heavy atom. The van der Waals surface area contributed by atoms with Crippen LogP contribution in [0.5, 0.6) is 28.7 Å². The molecule has 4 rings (SSSR count). The molecule has 0 saturated carbocycles. The summed E-state index contributed by atoms with van der Waals surface area (Å²) in [7, 11) is 1.45. The molecular weight excluding hydrogens is 555 g/mol. The van der Waals surface area contributed by atoms with Crippen LogP contribution in [0.4, 0.5) is 22.0 Å². The number of allylic oxidation sites excluding steroid dienone is 1. The van der Waals surface area contributed by atoms with Gasteiger partial charge in [0.15, 0.2) is 23.9 Å². The fourth-order valence-electron chi connectivity index (χ4n) is 3.98. The van der Waals surface area contributed by atoms with Crippen LogP contribution in [0.2, 0.25) is 0 Å². The lowest BCUT2D eigenvalue weighted by Crippen LogP contribution is -2.22. The van der Waals surface area contributed by atoms with Crippen LogP contribution in [-0.4, -0.2) is 26.3 Å². The van der Waals surface area contributed by atoms with E-state index in [4.69, 9.17) is 24.7 Å². The molecule has 1 atom stereocenters. The highest BCUT2D eigenvalue weighted by molar-refractivity contribution is 5.74. The van der Waals surface area contributed by atoms with Gasteiger partial charge < -0.3 is 29.4 Å². The highest BCUT2D eigenvalue weighted by Gasteiger charge is 2.32. The van der Waals surface area contributed by atoms with E-state index in [9.17, 15) is 32.0 Å². The standard InChI is InChI=1S/C28H19F5N2O6/c1-3-8-38-17-7-4-13(9-19(17)37-2)21-15-6-5-14(10-18(15)41-28(35)16(21)11-34)40-20(36)12-39-27-25(32)23(30)22(29)24(31)26(27)33/h3-7,9-10,21H,1,8,12,35H2,2H3. The Balaban J connectivity index is 1.58. The first-order valence-corrected chi connectivity index (χ1v) is 11.6. The number of rotatable bonds is 9. The topological polar surface area (TPSA) is 113 Å². The smallest absolute Gasteiger partial charge is 0.349 e. The lowest BCUT2D eigenvalue weighted by molar-refractivity contribution is -0.136. The number of ether oxygens (including phenoxy) is 5. The maximum atomic E-state index is 13.8. The predicted octanol–water partition coefficient (Wildman–Crippen LogP) is 5.16. The molecule has 0 aliphatic carbocycles. The second-order valence-electron chi connectivity index (χ2n) is 8.30. The Kier molecular flexibility index (Phi) is 8.32. The average Bonchev–Trinajstić information content (AvgIpc) is 2.97. The maximum Gasteiger partial charge on any atom is 0.349 e. The zero-order valence-corrected chi connectivity index (χ0v) is 21.1. The van der Waals surface area contributed by atoms with Crippen LogP contribution < -0.4 is 29.4 Å². The zero-order chi connectivity index (χ0) is 29.8. The minimum atomic E-state index is -2.37. The molecule has 8 nitrogen and oxygen atoms in total. The van der Waals surface area contributed by atoms with Gasteiger partial charge in [-0.15, -0.1) is 0 Å². The molecule has 13 heteroatoms. The van der Waals surface area contributed by atoms with Crippen molar-refractivity contribution in [2.24, 2.45) is 5.73 Å². The molecule has 3 aromatic carbocycles. The fourth-order valence-corrected chi connectivity index (χ4v) is 3.98. The highest BCUT2D eigenvalue weighted by atomic mass is 19.2. The first-order valence-electron chi connectivity index (χ1n) is 11.6. The van der Waals surface area contributed by atoms with Crippen LogP contribution >= 0.6 is 0 Å². The molecule has 0 aromatic heterocycles. The van der Waals surface area contributed by atoms with Crippen molar-refractivity contribution < 1.29 is 50.4 Å². The molecule has 2 N–H and O–H groups in total. The highest BCUT2D eigenvalue weighted by Crippen LogP contribution is 2.45. The number of nitrogens with two attached hydrogens (primary N) is 1. The van der Waals surface area contributed by atoms with Crippen molar-refractivity contribution in [3.63, 3.8) is 0 Å². The van der Waals surface area contributed by atoms with Gasteiger partial charge in [-0.05, 0) is 23.8 Å². The molecule has 1 unspecified atom stereocenters. The molecule has 3 aromatic rings. The van der Waals surface area contributed by atoms with Crippen LogP contribution in [0.15, 0.2) is 60.5 Å². The third-order valence-corrected chi connectivity index (χ3v) is 5.80. The Morgan fingerprint density at radius 3 is 2.34 bits per heavy atom. The van der Waals surface area contributed by atoms with Gasteiger partial charge in [-0.1, -0.05) is 24.8 Å². The van der Waals surface area contributed by atoms with Gasteiger partial charge in [0.25, 0.3) is 0 Å². The van der Waals surface area contributed by atoms with E-state index in [-0.39, 0.29) is 29.6 Å². The number of hydrogen-bond acceptors (Lipinski definition) is 8. The van der Waals surface area contributed by atoms with E-state index < -0.39 is 53.3 Å². The van der Waals surface area contributed by atoms with Crippen LogP contribution in [0.3, 0.4) is 0 Å². The first kappa shape index (κ1) is 28.8. The van der Waals surface area contributed by atoms with Crippen molar-refractivity contribution >= 4 is 5.97 Å². The van der Waals surface area contributed by atoms with Gasteiger partial charge in [0, 0.05) is 11.6 Å². The number of nitrogens with zero attached hydrogens (tertiary/aromatic N) is 1. The zero-order valence-electron chi connectivity index (χ0n) is 21.1. The van der Waals surface area contributed by atoms with Gasteiger partial charge in [-0.3, -0.25) is 0 Å². The summed E-state index contributed by atoms with van der Waals surface area (Å²) in [6, 6.07) is 11.1.